The number of carbonyl (C=O) groups excluding carboxylic acids is 1. The van der Waals surface area contributed by atoms with Crippen LogP contribution in [0.2, 0.25) is 5.02 Å². The van der Waals surface area contributed by atoms with Gasteiger partial charge in [0.05, 0.1) is 22.5 Å². The van der Waals surface area contributed by atoms with Gasteiger partial charge in [0.1, 0.15) is 11.6 Å². The van der Waals surface area contributed by atoms with Crippen LogP contribution in [0.25, 0.3) is 0 Å². The standard InChI is InChI=1S/C20H21ClFN3O/c21-16-7-4-8-17(22)19(16)20(26)25-15-9-10-18(24-13-15)23-12-11-14-5-2-1-3-6-14/h4-5,7-10,13H,1-3,6,11-12H2,(H,23,24)(H,25,26). The highest BCUT2D eigenvalue weighted by Crippen LogP contribution is 2.22. The molecule has 1 aromatic carbocycles. The Labute approximate surface area is 157 Å². The van der Waals surface area contributed by atoms with E-state index in [9.17, 15) is 9.18 Å². The molecule has 1 amide bonds. The maximum atomic E-state index is 13.8. The van der Waals surface area contributed by atoms with Gasteiger partial charge in [-0.1, -0.05) is 29.3 Å². The smallest absolute Gasteiger partial charge is 0.260 e. The van der Waals surface area contributed by atoms with Crippen LogP contribution in [-0.4, -0.2) is 17.4 Å². The van der Waals surface area contributed by atoms with E-state index in [1.54, 1.807) is 12.1 Å². The molecule has 1 aromatic heterocycles. The summed E-state index contributed by atoms with van der Waals surface area (Å²) in [5.41, 5.74) is 1.82. The van der Waals surface area contributed by atoms with Crippen molar-refractivity contribution < 1.29 is 9.18 Å². The number of halogens is 2. The third kappa shape index (κ3) is 4.82. The second-order valence-electron chi connectivity index (χ2n) is 6.27. The van der Waals surface area contributed by atoms with Gasteiger partial charge in [0.15, 0.2) is 0 Å². The molecule has 0 saturated heterocycles. The van der Waals surface area contributed by atoms with Gasteiger partial charge < -0.3 is 10.6 Å². The third-order valence-electron chi connectivity index (χ3n) is 4.35. The van der Waals surface area contributed by atoms with E-state index in [1.807, 2.05) is 0 Å². The van der Waals surface area contributed by atoms with Gasteiger partial charge in [0.25, 0.3) is 5.91 Å². The van der Waals surface area contributed by atoms with Gasteiger partial charge in [0.2, 0.25) is 0 Å². The van der Waals surface area contributed by atoms with E-state index in [1.165, 1.54) is 55.7 Å². The molecule has 0 bridgehead atoms. The fraction of sp³-hybridized carbons (Fsp3) is 0.300. The highest BCUT2D eigenvalue weighted by Gasteiger charge is 2.15. The molecule has 1 heterocycles. The van der Waals surface area contributed by atoms with E-state index in [0.29, 0.717) is 5.69 Å². The van der Waals surface area contributed by atoms with Crippen molar-refractivity contribution in [3.05, 3.63) is 64.6 Å². The first kappa shape index (κ1) is 18.4. The van der Waals surface area contributed by atoms with Crippen LogP contribution in [0.4, 0.5) is 15.9 Å². The molecule has 1 aliphatic rings. The van der Waals surface area contributed by atoms with Crippen LogP contribution >= 0.6 is 11.6 Å². The Hall–Kier alpha value is -2.40. The summed E-state index contributed by atoms with van der Waals surface area (Å²) in [6.45, 7) is 0.829. The lowest BCUT2D eigenvalue weighted by Gasteiger charge is -2.13. The highest BCUT2D eigenvalue weighted by molar-refractivity contribution is 6.34. The average Bonchev–Trinajstić information content (AvgIpc) is 2.64. The average molecular weight is 374 g/mol. The first-order valence-corrected chi connectivity index (χ1v) is 9.14. The largest absolute Gasteiger partial charge is 0.370 e. The summed E-state index contributed by atoms with van der Waals surface area (Å²) in [5, 5.41) is 5.96. The van der Waals surface area contributed by atoms with Crippen molar-refractivity contribution in [3.63, 3.8) is 0 Å². The van der Waals surface area contributed by atoms with Crippen molar-refractivity contribution in [1.29, 1.82) is 0 Å². The number of benzene rings is 1. The van der Waals surface area contributed by atoms with Crippen LogP contribution in [0.1, 0.15) is 42.5 Å². The van der Waals surface area contributed by atoms with Gasteiger partial charge in [-0.2, -0.15) is 0 Å². The zero-order valence-corrected chi connectivity index (χ0v) is 15.2. The number of pyridine rings is 1. The minimum Gasteiger partial charge on any atom is -0.370 e. The van der Waals surface area contributed by atoms with Crippen molar-refractivity contribution in [2.45, 2.75) is 32.1 Å². The zero-order valence-electron chi connectivity index (χ0n) is 14.4. The van der Waals surface area contributed by atoms with E-state index in [-0.39, 0.29) is 10.6 Å². The van der Waals surface area contributed by atoms with E-state index in [4.69, 9.17) is 11.6 Å². The van der Waals surface area contributed by atoms with Gasteiger partial charge in [0, 0.05) is 6.54 Å². The first-order chi connectivity index (χ1) is 12.6. The summed E-state index contributed by atoms with van der Waals surface area (Å²) in [6.07, 6.45) is 9.85. The second-order valence-corrected chi connectivity index (χ2v) is 6.68. The van der Waals surface area contributed by atoms with Crippen molar-refractivity contribution in [3.8, 4) is 0 Å². The Balaban J connectivity index is 1.54. The Morgan fingerprint density at radius 1 is 1.23 bits per heavy atom. The summed E-state index contributed by atoms with van der Waals surface area (Å²) >= 11 is 5.91. The predicted octanol–water partition coefficient (Wildman–Crippen LogP) is 5.43. The van der Waals surface area contributed by atoms with Crippen molar-refractivity contribution >= 4 is 29.0 Å². The van der Waals surface area contributed by atoms with Crippen LogP contribution in [0, 0.1) is 5.82 Å². The quantitative estimate of drug-likeness (QED) is 0.664. The fourth-order valence-electron chi connectivity index (χ4n) is 2.96. The molecule has 0 unspecified atom stereocenters. The fourth-order valence-corrected chi connectivity index (χ4v) is 3.21. The number of anilines is 2. The first-order valence-electron chi connectivity index (χ1n) is 8.76. The number of hydrogen-bond acceptors (Lipinski definition) is 3. The third-order valence-corrected chi connectivity index (χ3v) is 4.66. The molecule has 0 atom stereocenters. The van der Waals surface area contributed by atoms with E-state index >= 15 is 0 Å². The van der Waals surface area contributed by atoms with E-state index < -0.39 is 11.7 Å². The minimum absolute atomic E-state index is 0.0748. The lowest BCUT2D eigenvalue weighted by molar-refractivity contribution is 0.102. The molecule has 2 aromatic rings. The summed E-state index contributed by atoms with van der Waals surface area (Å²) in [7, 11) is 0. The molecule has 6 heteroatoms. The maximum absolute atomic E-state index is 13.8. The van der Waals surface area contributed by atoms with Gasteiger partial charge in [-0.05, 0) is 56.4 Å². The van der Waals surface area contributed by atoms with Gasteiger partial charge >= 0.3 is 0 Å². The number of nitrogens with zero attached hydrogens (tertiary/aromatic N) is 1. The normalized spacial score (nSPS) is 13.8. The molecule has 26 heavy (non-hydrogen) atoms. The number of aromatic nitrogens is 1. The number of rotatable bonds is 6. The number of allylic oxidation sites excluding steroid dienone is 1. The van der Waals surface area contributed by atoms with Crippen LogP contribution in [-0.2, 0) is 0 Å². The Bertz CT molecular complexity index is 785. The number of nitrogens with one attached hydrogen (secondary N) is 2. The molecule has 1 aliphatic carbocycles. The molecule has 0 fully saturated rings. The van der Waals surface area contributed by atoms with Crippen LogP contribution in [0.3, 0.4) is 0 Å². The summed E-state index contributed by atoms with van der Waals surface area (Å²) in [6, 6.07) is 7.65. The molecular formula is C20H21ClFN3O. The van der Waals surface area contributed by atoms with Crippen LogP contribution in [0.15, 0.2) is 48.2 Å². The summed E-state index contributed by atoms with van der Waals surface area (Å²) < 4.78 is 13.8. The molecule has 0 aliphatic heterocycles. The Morgan fingerprint density at radius 3 is 2.81 bits per heavy atom. The number of amides is 1. The molecular weight excluding hydrogens is 353 g/mol. The van der Waals surface area contributed by atoms with Gasteiger partial charge in [-0.25, -0.2) is 9.37 Å². The molecule has 2 N–H and O–H groups in total. The van der Waals surface area contributed by atoms with Crippen molar-refractivity contribution in [2.75, 3.05) is 17.2 Å². The second kappa shape index (κ2) is 8.81. The van der Waals surface area contributed by atoms with Gasteiger partial charge in [-0.15, -0.1) is 0 Å². The van der Waals surface area contributed by atoms with Gasteiger partial charge in [-0.3, -0.25) is 4.79 Å². The molecule has 136 valence electrons. The van der Waals surface area contributed by atoms with Crippen molar-refractivity contribution in [2.24, 2.45) is 0 Å². The molecule has 0 spiro atoms. The lowest BCUT2D eigenvalue weighted by Crippen LogP contribution is -2.14. The topological polar surface area (TPSA) is 54.0 Å². The molecule has 4 nitrogen and oxygen atoms in total. The molecule has 0 saturated carbocycles. The Kier molecular flexibility index (Phi) is 6.23. The minimum atomic E-state index is -0.654. The number of carbonyl (C=O) groups is 1. The monoisotopic (exact) mass is 373 g/mol. The highest BCUT2D eigenvalue weighted by atomic mass is 35.5. The zero-order chi connectivity index (χ0) is 18.4. The molecule has 0 radical (unpaired) electrons. The van der Waals surface area contributed by atoms with Crippen LogP contribution in [0.5, 0.6) is 0 Å². The van der Waals surface area contributed by atoms with E-state index in [2.05, 4.69) is 21.7 Å². The van der Waals surface area contributed by atoms with Crippen LogP contribution < -0.4 is 10.6 Å². The number of hydrogen-bond donors (Lipinski definition) is 2. The maximum Gasteiger partial charge on any atom is 0.260 e. The lowest BCUT2D eigenvalue weighted by atomic mass is 9.97. The predicted molar refractivity (Wildman–Crippen MR) is 103 cm³/mol. The Morgan fingerprint density at radius 2 is 2.12 bits per heavy atom. The SMILES string of the molecule is O=C(Nc1ccc(NCCC2=CCCCC2)nc1)c1c(F)cccc1Cl. The van der Waals surface area contributed by atoms with Crippen molar-refractivity contribution in [1.82, 2.24) is 4.98 Å². The molecule has 3 rings (SSSR count). The summed E-state index contributed by atoms with van der Waals surface area (Å²) in [5.74, 6) is -0.513. The summed E-state index contributed by atoms with van der Waals surface area (Å²) in [4.78, 5) is 16.5. The van der Waals surface area contributed by atoms with E-state index in [0.717, 1.165) is 18.8 Å².